The van der Waals surface area contributed by atoms with Crippen molar-refractivity contribution in [1.82, 2.24) is 0 Å². The van der Waals surface area contributed by atoms with Crippen molar-refractivity contribution in [3.63, 3.8) is 0 Å². The Hall–Kier alpha value is -2.94. The molecule has 122 valence electrons. The fraction of sp³-hybridized carbons (Fsp3) is 0.143. The van der Waals surface area contributed by atoms with Gasteiger partial charge in [0.05, 0.1) is 0 Å². The Morgan fingerprint density at radius 2 is 0.792 bits per heavy atom. The van der Waals surface area contributed by atoms with Gasteiger partial charge in [0.1, 0.15) is 0 Å². The third kappa shape index (κ3) is 2.69. The molecule has 3 aromatic carbocycles. The summed E-state index contributed by atoms with van der Waals surface area (Å²) < 4.78 is 0. The van der Waals surface area contributed by atoms with Gasteiger partial charge in [0.25, 0.3) is 0 Å². The van der Waals surface area contributed by atoms with E-state index in [1.165, 1.54) is 16.7 Å². The molecular formula is C21H23N3. The van der Waals surface area contributed by atoms with Crippen LogP contribution in [0.2, 0.25) is 0 Å². The van der Waals surface area contributed by atoms with Crippen molar-refractivity contribution in [1.29, 1.82) is 0 Å². The molecule has 24 heavy (non-hydrogen) atoms. The van der Waals surface area contributed by atoms with Gasteiger partial charge in [-0.15, -0.1) is 0 Å². The molecule has 0 amide bonds. The minimum atomic E-state index is -0.269. The Morgan fingerprint density at radius 3 is 1.00 bits per heavy atom. The molecule has 0 bridgehead atoms. The molecule has 0 fully saturated rings. The maximum atomic E-state index is 5.90. The van der Waals surface area contributed by atoms with Crippen molar-refractivity contribution in [2.75, 3.05) is 17.2 Å². The Labute approximate surface area is 143 Å². The summed E-state index contributed by atoms with van der Waals surface area (Å²) in [5.74, 6) is 0. The molecule has 0 spiro atoms. The third-order valence-corrected chi connectivity index (χ3v) is 4.74. The topological polar surface area (TPSA) is 78.1 Å². The molecule has 0 saturated carbocycles. The molecule has 6 N–H and O–H groups in total. The van der Waals surface area contributed by atoms with Gasteiger partial charge in [0.15, 0.2) is 0 Å². The van der Waals surface area contributed by atoms with Crippen LogP contribution in [0.3, 0.4) is 0 Å². The largest absolute Gasteiger partial charge is 0.399 e. The van der Waals surface area contributed by atoms with Crippen LogP contribution in [0, 0.1) is 0 Å². The molecule has 0 unspecified atom stereocenters. The summed E-state index contributed by atoms with van der Waals surface area (Å²) in [6, 6.07) is 24.3. The van der Waals surface area contributed by atoms with Gasteiger partial charge in [-0.2, -0.15) is 0 Å². The van der Waals surface area contributed by atoms with Crippen molar-refractivity contribution >= 4 is 17.1 Å². The number of rotatable bonds is 4. The minimum absolute atomic E-state index is 0.269. The zero-order valence-electron chi connectivity index (χ0n) is 13.9. The fourth-order valence-corrected chi connectivity index (χ4v) is 3.42. The molecule has 0 saturated heterocycles. The van der Waals surface area contributed by atoms with Crippen LogP contribution in [0.1, 0.15) is 30.0 Å². The van der Waals surface area contributed by atoms with Gasteiger partial charge in [-0.25, -0.2) is 0 Å². The molecule has 0 heterocycles. The monoisotopic (exact) mass is 317 g/mol. The van der Waals surface area contributed by atoms with E-state index in [0.29, 0.717) is 0 Å². The van der Waals surface area contributed by atoms with Crippen molar-refractivity contribution in [2.24, 2.45) is 0 Å². The van der Waals surface area contributed by atoms with Crippen molar-refractivity contribution in [2.45, 2.75) is 18.8 Å². The third-order valence-electron chi connectivity index (χ3n) is 4.74. The normalized spacial score (nSPS) is 11.4. The zero-order chi connectivity index (χ0) is 17.2. The zero-order valence-corrected chi connectivity index (χ0v) is 13.9. The van der Waals surface area contributed by atoms with E-state index >= 15 is 0 Å². The molecule has 0 aliphatic rings. The summed E-state index contributed by atoms with van der Waals surface area (Å²) in [6.07, 6.45) is 0.907. The summed E-state index contributed by atoms with van der Waals surface area (Å²) in [7, 11) is 0. The highest BCUT2D eigenvalue weighted by Crippen LogP contribution is 2.42. The number of nitrogen functional groups attached to an aromatic ring is 3. The first kappa shape index (κ1) is 15.9. The van der Waals surface area contributed by atoms with E-state index in [2.05, 4.69) is 43.3 Å². The molecule has 0 atom stereocenters. The number of hydrogen-bond acceptors (Lipinski definition) is 3. The molecule has 3 aromatic rings. The van der Waals surface area contributed by atoms with Gasteiger partial charge in [-0.3, -0.25) is 0 Å². The minimum Gasteiger partial charge on any atom is -0.399 e. The predicted molar refractivity (Wildman–Crippen MR) is 103 cm³/mol. The number of benzene rings is 3. The van der Waals surface area contributed by atoms with Gasteiger partial charge >= 0.3 is 0 Å². The van der Waals surface area contributed by atoms with Crippen LogP contribution < -0.4 is 17.2 Å². The molecule has 0 aliphatic carbocycles. The average molecular weight is 317 g/mol. The number of hydrogen-bond donors (Lipinski definition) is 3. The molecule has 0 radical (unpaired) electrons. The summed E-state index contributed by atoms with van der Waals surface area (Å²) in [4.78, 5) is 0. The molecule has 3 nitrogen and oxygen atoms in total. The highest BCUT2D eigenvalue weighted by molar-refractivity contribution is 5.56. The Bertz CT molecular complexity index is 692. The van der Waals surface area contributed by atoms with Crippen LogP contribution in [0.5, 0.6) is 0 Å². The summed E-state index contributed by atoms with van der Waals surface area (Å²) in [5.41, 5.74) is 23.3. The van der Waals surface area contributed by atoms with Gasteiger partial charge in [0, 0.05) is 22.5 Å². The lowest BCUT2D eigenvalue weighted by molar-refractivity contribution is 0.594. The van der Waals surface area contributed by atoms with E-state index in [-0.39, 0.29) is 5.41 Å². The first-order valence-electron chi connectivity index (χ1n) is 8.14. The van der Waals surface area contributed by atoms with Gasteiger partial charge < -0.3 is 17.2 Å². The summed E-state index contributed by atoms with van der Waals surface area (Å²) >= 11 is 0. The fourth-order valence-electron chi connectivity index (χ4n) is 3.42. The van der Waals surface area contributed by atoms with Gasteiger partial charge in [-0.1, -0.05) is 43.3 Å². The first-order valence-corrected chi connectivity index (χ1v) is 8.14. The van der Waals surface area contributed by atoms with E-state index in [1.54, 1.807) is 0 Å². The SMILES string of the molecule is CCC(c1ccc(N)cc1)(c1ccc(N)cc1)c1ccc(N)cc1. The van der Waals surface area contributed by atoms with Crippen molar-refractivity contribution in [3.05, 3.63) is 89.5 Å². The van der Waals surface area contributed by atoms with Gasteiger partial charge in [0.2, 0.25) is 0 Å². The maximum Gasteiger partial charge on any atom is 0.0448 e. The highest BCUT2D eigenvalue weighted by Gasteiger charge is 2.34. The van der Waals surface area contributed by atoms with Gasteiger partial charge in [-0.05, 0) is 59.5 Å². The van der Waals surface area contributed by atoms with E-state index in [4.69, 9.17) is 17.2 Å². The average Bonchev–Trinajstić information content (AvgIpc) is 2.60. The molecule has 0 aromatic heterocycles. The van der Waals surface area contributed by atoms with Crippen molar-refractivity contribution < 1.29 is 0 Å². The van der Waals surface area contributed by atoms with Crippen LogP contribution >= 0.6 is 0 Å². The maximum absolute atomic E-state index is 5.90. The summed E-state index contributed by atoms with van der Waals surface area (Å²) in [6.45, 7) is 2.20. The van der Waals surface area contributed by atoms with Crippen molar-refractivity contribution in [3.8, 4) is 0 Å². The van der Waals surface area contributed by atoms with Crippen LogP contribution in [-0.2, 0) is 5.41 Å². The van der Waals surface area contributed by atoms with Crippen LogP contribution in [0.4, 0.5) is 17.1 Å². The predicted octanol–water partition coefficient (Wildman–Crippen LogP) is 4.18. The van der Waals surface area contributed by atoms with Crippen LogP contribution in [0.25, 0.3) is 0 Å². The van der Waals surface area contributed by atoms with Crippen LogP contribution in [0.15, 0.2) is 72.8 Å². The van der Waals surface area contributed by atoms with Crippen LogP contribution in [-0.4, -0.2) is 0 Å². The Kier molecular flexibility index (Phi) is 4.17. The Balaban J connectivity index is 2.27. The van der Waals surface area contributed by atoms with E-state index in [9.17, 15) is 0 Å². The second-order valence-electron chi connectivity index (χ2n) is 6.12. The second-order valence-corrected chi connectivity index (χ2v) is 6.12. The molecular weight excluding hydrogens is 294 g/mol. The molecule has 0 aliphatic heterocycles. The van der Waals surface area contributed by atoms with E-state index < -0.39 is 0 Å². The lowest BCUT2D eigenvalue weighted by atomic mass is 9.67. The standard InChI is InChI=1S/C21H23N3/c1-2-21(15-3-9-18(22)10-4-15,16-5-11-19(23)12-6-16)17-7-13-20(24)14-8-17/h3-14H,2,22-24H2,1H3. The smallest absolute Gasteiger partial charge is 0.0448 e. The highest BCUT2D eigenvalue weighted by atomic mass is 14.6. The lowest BCUT2D eigenvalue weighted by Gasteiger charge is -2.35. The summed E-state index contributed by atoms with van der Waals surface area (Å²) in [5, 5.41) is 0. The second kappa shape index (κ2) is 6.28. The first-order chi connectivity index (χ1) is 11.6. The van der Waals surface area contributed by atoms with E-state index in [1.807, 2.05) is 36.4 Å². The van der Waals surface area contributed by atoms with E-state index in [0.717, 1.165) is 23.5 Å². The Morgan fingerprint density at radius 1 is 0.542 bits per heavy atom. The molecule has 3 rings (SSSR count). The number of nitrogens with two attached hydrogens (primary N) is 3. The lowest BCUT2D eigenvalue weighted by Crippen LogP contribution is -2.28. The molecule has 3 heteroatoms. The number of anilines is 3. The quantitative estimate of drug-likeness (QED) is 0.499.